The predicted molar refractivity (Wildman–Crippen MR) is 193 cm³/mol. The van der Waals surface area contributed by atoms with Crippen molar-refractivity contribution in [1.29, 1.82) is 0 Å². The average molecular weight is 818 g/mol. The number of benzene rings is 4. The van der Waals surface area contributed by atoms with Gasteiger partial charge in [0.15, 0.2) is 9.84 Å². The van der Waals surface area contributed by atoms with Crippen molar-refractivity contribution >= 4 is 43.3 Å². The van der Waals surface area contributed by atoms with E-state index < -0.39 is 43.3 Å². The van der Waals surface area contributed by atoms with Crippen molar-refractivity contribution in [3.63, 3.8) is 0 Å². The predicted octanol–water partition coefficient (Wildman–Crippen LogP) is 6.63. The number of imide groups is 2. The fourth-order valence-corrected chi connectivity index (χ4v) is 8.31. The van der Waals surface area contributed by atoms with Crippen LogP contribution in [0.5, 0.6) is 0 Å². The molecule has 0 bridgehead atoms. The molecule has 6 rings (SSSR count). The molecule has 4 amide bonds. The Balaban J connectivity index is 0.000000300. The summed E-state index contributed by atoms with van der Waals surface area (Å²) in [5.41, 5.74) is 1.91. The van der Waals surface area contributed by atoms with Crippen molar-refractivity contribution in [3.05, 3.63) is 132 Å². The molecule has 4 aromatic carbocycles. The molecule has 0 saturated carbocycles. The Morgan fingerprint density at radius 1 is 0.596 bits per heavy atom. The van der Waals surface area contributed by atoms with Gasteiger partial charge in [-0.3, -0.25) is 29.0 Å². The zero-order valence-electron chi connectivity index (χ0n) is 30.3. The fourth-order valence-electron chi connectivity index (χ4n) is 5.59. The average Bonchev–Trinajstić information content (AvgIpc) is 3.43. The van der Waals surface area contributed by atoms with Crippen LogP contribution in [0.1, 0.15) is 87.2 Å². The van der Waals surface area contributed by atoms with Crippen molar-refractivity contribution in [2.24, 2.45) is 5.41 Å². The van der Waals surface area contributed by atoms with Crippen LogP contribution in [-0.4, -0.2) is 63.9 Å². The van der Waals surface area contributed by atoms with Gasteiger partial charge in [-0.25, -0.2) is 16.8 Å². The largest absolute Gasteiger partial charge is 0.358 e. The summed E-state index contributed by atoms with van der Waals surface area (Å²) < 4.78 is 51.5. The molecule has 0 unspecified atom stereocenters. The number of rotatable bonds is 6. The molecule has 2 aliphatic rings. The molecule has 2 heterocycles. The van der Waals surface area contributed by atoms with Crippen molar-refractivity contribution in [2.75, 3.05) is 13.6 Å². The summed E-state index contributed by atoms with van der Waals surface area (Å²) in [6.45, 7) is 11.7. The Morgan fingerprint density at radius 3 is 1.52 bits per heavy atom. The normalized spacial score (nSPS) is 13.8. The summed E-state index contributed by atoms with van der Waals surface area (Å²) in [7, 11) is -6.20. The zero-order chi connectivity index (χ0) is 36.9. The molecule has 10 nitrogen and oxygen atoms in total. The summed E-state index contributed by atoms with van der Waals surface area (Å²) in [6, 6.07) is 21.6. The number of sulfone groups is 2. The Morgan fingerprint density at radius 2 is 1.02 bits per heavy atom. The summed E-state index contributed by atoms with van der Waals surface area (Å²) in [4.78, 5) is 52.1. The standard InChI is InChI=1S/C22H20N2O6S.C16H17O2S.CH3.Y/c1-22(2,3)11-24-20(27)15-8-6-13(10-17(15)21(24)28)31(29,30)12-5-7-14-16(9-12)19(26)23(4)18(14)25;1-12(2)14-7-5-9-16(11-14)19(17,18)15-8-4-6-13(3)10-15;;/h5-10H,11H2,1-4H3;4-11H,1-3H3;1H3;/q;2*-1;. The molecule has 0 N–H and O–H groups in total. The molecule has 13 heteroatoms. The third-order valence-corrected chi connectivity index (χ3v) is 11.8. The van der Waals surface area contributed by atoms with Gasteiger partial charge >= 0.3 is 0 Å². The van der Waals surface area contributed by atoms with Crippen molar-refractivity contribution in [1.82, 2.24) is 9.80 Å². The van der Waals surface area contributed by atoms with Crippen molar-refractivity contribution < 1.29 is 68.7 Å². The van der Waals surface area contributed by atoms with Crippen LogP contribution in [0.2, 0.25) is 0 Å². The van der Waals surface area contributed by atoms with Crippen LogP contribution in [-0.2, 0) is 52.4 Å². The van der Waals surface area contributed by atoms with Crippen LogP contribution < -0.4 is 0 Å². The maximum atomic E-state index is 13.2. The third kappa shape index (κ3) is 8.15. The third-order valence-electron chi connectivity index (χ3n) is 8.28. The first kappa shape index (κ1) is 42.4. The number of aryl methyl sites for hydroxylation is 1. The number of amides is 4. The second kappa shape index (κ2) is 15.6. The van der Waals surface area contributed by atoms with Crippen LogP contribution >= 0.6 is 0 Å². The second-order valence-corrected chi connectivity index (χ2v) is 17.6. The fraction of sp³-hybridized carbons (Fsp3) is 0.231. The molecule has 2 aliphatic heterocycles. The summed E-state index contributed by atoms with van der Waals surface area (Å²) in [5, 5.41) is 0. The molecule has 4 aromatic rings. The number of hydrogen-bond donors (Lipinski definition) is 0. The number of carbonyl (C=O) groups is 4. The van der Waals surface area contributed by atoms with Gasteiger partial charge < -0.3 is 7.43 Å². The van der Waals surface area contributed by atoms with Crippen LogP contribution in [0.4, 0.5) is 0 Å². The van der Waals surface area contributed by atoms with E-state index in [0.29, 0.717) is 9.79 Å². The van der Waals surface area contributed by atoms with Gasteiger partial charge in [-0.1, -0.05) is 52.8 Å². The van der Waals surface area contributed by atoms with E-state index in [1.807, 2.05) is 53.7 Å². The van der Waals surface area contributed by atoms with E-state index in [0.717, 1.165) is 26.8 Å². The van der Waals surface area contributed by atoms with Gasteiger partial charge in [0.05, 0.1) is 36.9 Å². The monoisotopic (exact) mass is 817 g/mol. The van der Waals surface area contributed by atoms with Gasteiger partial charge in [0.25, 0.3) is 23.6 Å². The van der Waals surface area contributed by atoms with Gasteiger partial charge in [0.1, 0.15) is 0 Å². The first-order chi connectivity index (χ1) is 23.2. The molecule has 0 atom stereocenters. The summed E-state index contributed by atoms with van der Waals surface area (Å²) in [6.07, 6.45) is 0. The summed E-state index contributed by atoms with van der Waals surface area (Å²) in [5.74, 6) is -0.970. The maximum Gasteiger partial charge on any atom is 0.261 e. The molecule has 52 heavy (non-hydrogen) atoms. The quantitative estimate of drug-likeness (QED) is 0.156. The molecule has 0 spiro atoms. The van der Waals surface area contributed by atoms with Crippen molar-refractivity contribution in [2.45, 2.75) is 61.1 Å². The SMILES string of the molecule is CN1C(=O)c2ccc(S(=O)(=O)c3ccc4c(c3)C(=O)N(CC(C)(C)C)C4=O)cc2C1=O.Cc1cccc(S(=O)(=O)c2cccc([C-](C)C)c2)c1.[CH3-].[Y]. The maximum absolute atomic E-state index is 13.2. The van der Waals surface area contributed by atoms with E-state index in [2.05, 4.69) is 0 Å². The van der Waals surface area contributed by atoms with E-state index in [-0.39, 0.29) is 84.1 Å². The van der Waals surface area contributed by atoms with Gasteiger partial charge in [-0.05, 0) is 66.4 Å². The Hall–Kier alpha value is -3.97. The molecule has 0 fully saturated rings. The minimum atomic E-state index is -4.10. The summed E-state index contributed by atoms with van der Waals surface area (Å²) >= 11 is 0. The minimum absolute atomic E-state index is 0. The Bertz CT molecular complexity index is 2310. The first-order valence-electron chi connectivity index (χ1n) is 15.7. The first-order valence-corrected chi connectivity index (χ1v) is 18.6. The second-order valence-electron chi connectivity index (χ2n) is 13.7. The molecule has 0 aromatic heterocycles. The van der Waals surface area contributed by atoms with Crippen LogP contribution in [0.25, 0.3) is 0 Å². The zero-order valence-corrected chi connectivity index (χ0v) is 34.8. The Labute approximate surface area is 331 Å². The minimum Gasteiger partial charge on any atom is -0.358 e. The molecule has 0 aliphatic carbocycles. The van der Waals surface area contributed by atoms with E-state index in [1.54, 1.807) is 36.4 Å². The van der Waals surface area contributed by atoms with E-state index in [1.165, 1.54) is 43.4 Å². The topological polar surface area (TPSA) is 143 Å². The van der Waals surface area contributed by atoms with Crippen LogP contribution in [0.3, 0.4) is 0 Å². The van der Waals surface area contributed by atoms with Gasteiger partial charge in [-0.2, -0.15) is 17.5 Å². The number of carbonyl (C=O) groups excluding carboxylic acids is 4. The van der Waals surface area contributed by atoms with Crippen molar-refractivity contribution in [3.8, 4) is 0 Å². The van der Waals surface area contributed by atoms with E-state index in [4.69, 9.17) is 0 Å². The smallest absolute Gasteiger partial charge is 0.261 e. The van der Waals surface area contributed by atoms with Gasteiger partial charge in [0, 0.05) is 51.2 Å². The molecule has 1 radical (unpaired) electrons. The molecule has 0 saturated heterocycles. The van der Waals surface area contributed by atoms with E-state index in [9.17, 15) is 36.0 Å². The van der Waals surface area contributed by atoms with Crippen LogP contribution in [0.15, 0.2) is 105 Å². The molecular formula is C39H40N2O8S2Y-2. The van der Waals surface area contributed by atoms with Gasteiger partial charge in [0.2, 0.25) is 9.84 Å². The van der Waals surface area contributed by atoms with Gasteiger partial charge in [-0.15, -0.1) is 12.1 Å². The Kier molecular flexibility index (Phi) is 12.7. The molecule has 271 valence electrons. The van der Waals surface area contributed by atoms with E-state index >= 15 is 0 Å². The number of nitrogens with zero attached hydrogens (tertiary/aromatic N) is 2. The number of hydrogen-bond acceptors (Lipinski definition) is 8. The number of fused-ring (bicyclic) bond motifs is 2. The van der Waals surface area contributed by atoms with Crippen LogP contribution in [0, 0.1) is 25.7 Å². The molecular weight excluding hydrogens is 777 g/mol.